The SMILES string of the molecule is CC(C)Cc1nc(COc2cccc3c2NCCC3)no1. The zero-order chi connectivity index (χ0) is 14.7. The molecule has 1 aromatic heterocycles. The number of benzene rings is 1. The van der Waals surface area contributed by atoms with Gasteiger partial charge in [-0.2, -0.15) is 4.98 Å². The molecule has 1 aliphatic rings. The van der Waals surface area contributed by atoms with Gasteiger partial charge in [-0.1, -0.05) is 31.1 Å². The Hall–Kier alpha value is -2.04. The van der Waals surface area contributed by atoms with Crippen LogP contribution in [0.25, 0.3) is 0 Å². The van der Waals surface area contributed by atoms with E-state index in [2.05, 4.69) is 35.4 Å². The summed E-state index contributed by atoms with van der Waals surface area (Å²) < 4.78 is 11.1. The maximum atomic E-state index is 5.86. The summed E-state index contributed by atoms with van der Waals surface area (Å²) in [5.41, 5.74) is 2.42. The normalized spacial score (nSPS) is 13.9. The maximum absolute atomic E-state index is 5.86. The van der Waals surface area contributed by atoms with E-state index in [1.54, 1.807) is 0 Å². The van der Waals surface area contributed by atoms with Crippen LogP contribution in [0.4, 0.5) is 5.69 Å². The quantitative estimate of drug-likeness (QED) is 0.915. The van der Waals surface area contributed by atoms with Crippen LogP contribution in [0.5, 0.6) is 5.75 Å². The second kappa shape index (κ2) is 6.16. The topological polar surface area (TPSA) is 60.2 Å². The molecular weight excluding hydrogens is 266 g/mol. The Morgan fingerprint density at radius 2 is 2.29 bits per heavy atom. The van der Waals surface area contributed by atoms with Crippen LogP contribution in [0.15, 0.2) is 22.7 Å². The highest BCUT2D eigenvalue weighted by Gasteiger charge is 2.14. The molecule has 1 N–H and O–H groups in total. The molecule has 3 rings (SSSR count). The van der Waals surface area contributed by atoms with Crippen molar-refractivity contribution in [2.24, 2.45) is 5.92 Å². The molecule has 5 heteroatoms. The van der Waals surface area contributed by atoms with Gasteiger partial charge in [-0.25, -0.2) is 0 Å². The number of fused-ring (bicyclic) bond motifs is 1. The minimum atomic E-state index is 0.333. The Balaban J connectivity index is 1.66. The third-order valence-electron chi connectivity index (χ3n) is 3.49. The Labute approximate surface area is 124 Å². The number of nitrogens with zero attached hydrogens (tertiary/aromatic N) is 2. The average Bonchev–Trinajstić information content (AvgIpc) is 2.92. The zero-order valence-electron chi connectivity index (χ0n) is 12.6. The molecule has 112 valence electrons. The minimum Gasteiger partial charge on any atom is -0.483 e. The van der Waals surface area contributed by atoms with E-state index < -0.39 is 0 Å². The van der Waals surface area contributed by atoms with Crippen molar-refractivity contribution in [1.82, 2.24) is 10.1 Å². The van der Waals surface area contributed by atoms with Crippen molar-refractivity contribution < 1.29 is 9.26 Å². The van der Waals surface area contributed by atoms with Crippen molar-refractivity contribution in [3.63, 3.8) is 0 Å². The van der Waals surface area contributed by atoms with Gasteiger partial charge in [-0.05, 0) is 30.4 Å². The van der Waals surface area contributed by atoms with Gasteiger partial charge in [0.2, 0.25) is 11.7 Å². The Morgan fingerprint density at radius 1 is 1.38 bits per heavy atom. The molecule has 0 saturated heterocycles. The van der Waals surface area contributed by atoms with Gasteiger partial charge in [0.05, 0.1) is 5.69 Å². The van der Waals surface area contributed by atoms with Gasteiger partial charge in [0.1, 0.15) is 5.75 Å². The summed E-state index contributed by atoms with van der Waals surface area (Å²) >= 11 is 0. The van der Waals surface area contributed by atoms with Crippen molar-refractivity contribution in [2.75, 3.05) is 11.9 Å². The number of hydrogen-bond donors (Lipinski definition) is 1. The van der Waals surface area contributed by atoms with Crippen LogP contribution in [0.3, 0.4) is 0 Å². The van der Waals surface area contributed by atoms with Crippen molar-refractivity contribution >= 4 is 5.69 Å². The second-order valence-electron chi connectivity index (χ2n) is 5.81. The van der Waals surface area contributed by atoms with Gasteiger partial charge in [0.15, 0.2) is 6.61 Å². The van der Waals surface area contributed by atoms with E-state index in [0.29, 0.717) is 24.2 Å². The first-order valence-electron chi connectivity index (χ1n) is 7.52. The van der Waals surface area contributed by atoms with E-state index in [-0.39, 0.29) is 0 Å². The van der Waals surface area contributed by atoms with Crippen molar-refractivity contribution in [1.29, 1.82) is 0 Å². The summed E-state index contributed by atoms with van der Waals surface area (Å²) in [6.07, 6.45) is 3.06. The second-order valence-corrected chi connectivity index (χ2v) is 5.81. The number of anilines is 1. The standard InChI is InChI=1S/C16H21N3O2/c1-11(2)9-15-18-14(19-21-15)10-20-13-7-3-5-12-6-4-8-17-16(12)13/h3,5,7,11,17H,4,6,8-10H2,1-2H3. The maximum Gasteiger partial charge on any atom is 0.227 e. The number of para-hydroxylation sites is 1. The average molecular weight is 287 g/mol. The zero-order valence-corrected chi connectivity index (χ0v) is 12.6. The highest BCUT2D eigenvalue weighted by atomic mass is 16.5. The first-order valence-corrected chi connectivity index (χ1v) is 7.52. The summed E-state index contributed by atoms with van der Waals surface area (Å²) in [6.45, 7) is 5.58. The lowest BCUT2D eigenvalue weighted by molar-refractivity contribution is 0.285. The summed E-state index contributed by atoms with van der Waals surface area (Å²) in [5, 5.41) is 7.37. The molecular formula is C16H21N3O2. The van der Waals surface area contributed by atoms with E-state index in [4.69, 9.17) is 9.26 Å². The van der Waals surface area contributed by atoms with Crippen LogP contribution >= 0.6 is 0 Å². The molecule has 0 unspecified atom stereocenters. The van der Waals surface area contributed by atoms with E-state index in [0.717, 1.165) is 30.8 Å². The molecule has 21 heavy (non-hydrogen) atoms. The van der Waals surface area contributed by atoms with E-state index in [1.807, 2.05) is 12.1 Å². The van der Waals surface area contributed by atoms with Gasteiger partial charge in [0, 0.05) is 13.0 Å². The molecule has 1 aliphatic heterocycles. The van der Waals surface area contributed by atoms with Crippen LogP contribution in [0.1, 0.15) is 37.5 Å². The molecule has 0 bridgehead atoms. The Morgan fingerprint density at radius 3 is 3.14 bits per heavy atom. The molecule has 2 aromatic rings. The van der Waals surface area contributed by atoms with Gasteiger partial charge >= 0.3 is 0 Å². The third-order valence-corrected chi connectivity index (χ3v) is 3.49. The number of rotatable bonds is 5. The highest BCUT2D eigenvalue weighted by Crippen LogP contribution is 2.32. The molecule has 1 aromatic carbocycles. The van der Waals surface area contributed by atoms with E-state index in [1.165, 1.54) is 12.0 Å². The van der Waals surface area contributed by atoms with Gasteiger partial charge in [0.25, 0.3) is 0 Å². The van der Waals surface area contributed by atoms with Gasteiger partial charge < -0.3 is 14.6 Å². The molecule has 0 spiro atoms. The lowest BCUT2D eigenvalue weighted by Crippen LogP contribution is -2.13. The van der Waals surface area contributed by atoms with Crippen LogP contribution in [0, 0.1) is 5.92 Å². The van der Waals surface area contributed by atoms with Crippen LogP contribution in [-0.4, -0.2) is 16.7 Å². The molecule has 0 aliphatic carbocycles. The molecule has 0 saturated carbocycles. The fraction of sp³-hybridized carbons (Fsp3) is 0.500. The molecule has 0 amide bonds. The van der Waals surface area contributed by atoms with Gasteiger partial charge in [-0.15, -0.1) is 0 Å². The first-order chi connectivity index (χ1) is 10.2. The fourth-order valence-electron chi connectivity index (χ4n) is 2.52. The van der Waals surface area contributed by atoms with E-state index in [9.17, 15) is 0 Å². The molecule has 0 fully saturated rings. The number of ether oxygens (including phenoxy) is 1. The fourth-order valence-corrected chi connectivity index (χ4v) is 2.52. The number of aromatic nitrogens is 2. The Kier molecular flexibility index (Phi) is 4.08. The molecule has 0 atom stereocenters. The van der Waals surface area contributed by atoms with Crippen molar-refractivity contribution in [3.8, 4) is 5.75 Å². The monoisotopic (exact) mass is 287 g/mol. The molecule has 2 heterocycles. The third kappa shape index (κ3) is 3.35. The van der Waals surface area contributed by atoms with Crippen molar-refractivity contribution in [2.45, 2.75) is 39.7 Å². The summed E-state index contributed by atoms with van der Waals surface area (Å²) in [7, 11) is 0. The van der Waals surface area contributed by atoms with Crippen LogP contribution < -0.4 is 10.1 Å². The lowest BCUT2D eigenvalue weighted by Gasteiger charge is -2.20. The van der Waals surface area contributed by atoms with Crippen molar-refractivity contribution in [3.05, 3.63) is 35.5 Å². The summed E-state index contributed by atoms with van der Waals surface area (Å²) in [6, 6.07) is 6.15. The minimum absolute atomic E-state index is 0.333. The lowest BCUT2D eigenvalue weighted by atomic mass is 10.0. The first kappa shape index (κ1) is 13.9. The predicted molar refractivity (Wildman–Crippen MR) is 80.4 cm³/mol. The van der Waals surface area contributed by atoms with Crippen LogP contribution in [0.2, 0.25) is 0 Å². The Bertz CT molecular complexity index is 607. The smallest absolute Gasteiger partial charge is 0.227 e. The largest absolute Gasteiger partial charge is 0.483 e. The van der Waals surface area contributed by atoms with E-state index >= 15 is 0 Å². The molecule has 0 radical (unpaired) electrons. The number of aryl methyl sites for hydroxylation is 1. The predicted octanol–water partition coefficient (Wildman–Crippen LogP) is 3.21. The highest BCUT2D eigenvalue weighted by molar-refractivity contribution is 5.63. The number of nitrogens with one attached hydrogen (secondary N) is 1. The summed E-state index contributed by atoms with van der Waals surface area (Å²) in [5.74, 6) is 2.64. The summed E-state index contributed by atoms with van der Waals surface area (Å²) in [4.78, 5) is 4.35. The van der Waals surface area contributed by atoms with Crippen LogP contribution in [-0.2, 0) is 19.4 Å². The van der Waals surface area contributed by atoms with Gasteiger partial charge in [-0.3, -0.25) is 0 Å². The number of hydrogen-bond acceptors (Lipinski definition) is 5. The molecule has 5 nitrogen and oxygen atoms in total.